The summed E-state index contributed by atoms with van der Waals surface area (Å²) < 4.78 is 0. The molecular weight excluding hydrogens is 338 g/mol. The summed E-state index contributed by atoms with van der Waals surface area (Å²) in [6.07, 6.45) is 1.53. The van der Waals surface area contributed by atoms with E-state index in [4.69, 9.17) is 0 Å². The second-order valence-electron chi connectivity index (χ2n) is 6.46. The van der Waals surface area contributed by atoms with E-state index in [0.717, 1.165) is 24.3 Å². The molecule has 5 nitrogen and oxygen atoms in total. The van der Waals surface area contributed by atoms with Gasteiger partial charge < -0.3 is 10.0 Å². The summed E-state index contributed by atoms with van der Waals surface area (Å²) in [5.41, 5.74) is 7.66. The molecule has 0 radical (unpaired) electrons. The summed E-state index contributed by atoms with van der Waals surface area (Å²) in [5.74, 6) is -0.0707. The zero-order chi connectivity index (χ0) is 18.6. The minimum Gasteiger partial charge on any atom is -0.508 e. The van der Waals surface area contributed by atoms with Crippen LogP contribution in [0.5, 0.6) is 5.75 Å². The summed E-state index contributed by atoms with van der Waals surface area (Å²) in [5, 5.41) is 13.2. The van der Waals surface area contributed by atoms with E-state index in [1.165, 1.54) is 17.3 Å². The predicted octanol–water partition coefficient (Wildman–Crippen LogP) is 3.68. The first-order valence-corrected chi connectivity index (χ1v) is 8.73. The molecule has 1 aliphatic heterocycles. The van der Waals surface area contributed by atoms with Gasteiger partial charge in [-0.1, -0.05) is 24.3 Å². The van der Waals surface area contributed by atoms with E-state index in [1.807, 2.05) is 24.3 Å². The van der Waals surface area contributed by atoms with Gasteiger partial charge in [0.25, 0.3) is 5.91 Å². The Kier molecular flexibility index (Phi) is 4.58. The van der Waals surface area contributed by atoms with Gasteiger partial charge >= 0.3 is 0 Å². The molecule has 0 fully saturated rings. The lowest BCUT2D eigenvalue weighted by molar-refractivity contribution is 0.0955. The van der Waals surface area contributed by atoms with Gasteiger partial charge in [0.05, 0.1) is 6.21 Å². The van der Waals surface area contributed by atoms with E-state index in [-0.39, 0.29) is 11.7 Å². The number of fused-ring (bicyclic) bond motifs is 1. The average molecular weight is 357 g/mol. The molecule has 1 heterocycles. The SMILES string of the molecule is O=C(NN=Cc1ccc(O)cc1)c1ccc(N2Cc3ccccc3C2)cc1. The van der Waals surface area contributed by atoms with Crippen molar-refractivity contribution in [3.8, 4) is 5.75 Å². The van der Waals surface area contributed by atoms with Crippen LogP contribution in [-0.4, -0.2) is 17.2 Å². The first-order chi connectivity index (χ1) is 13.2. The molecule has 0 saturated heterocycles. The molecule has 27 heavy (non-hydrogen) atoms. The third-order valence-electron chi connectivity index (χ3n) is 4.61. The van der Waals surface area contributed by atoms with E-state index < -0.39 is 0 Å². The Balaban J connectivity index is 1.37. The van der Waals surface area contributed by atoms with Crippen molar-refractivity contribution in [3.05, 3.63) is 95.1 Å². The first kappa shape index (κ1) is 16.8. The van der Waals surface area contributed by atoms with Crippen LogP contribution in [0.25, 0.3) is 0 Å². The molecule has 0 aromatic heterocycles. The highest BCUT2D eigenvalue weighted by Crippen LogP contribution is 2.28. The minimum atomic E-state index is -0.263. The number of anilines is 1. The first-order valence-electron chi connectivity index (χ1n) is 8.73. The van der Waals surface area contributed by atoms with Crippen molar-refractivity contribution in [1.82, 2.24) is 5.43 Å². The van der Waals surface area contributed by atoms with Gasteiger partial charge in [0.1, 0.15) is 5.75 Å². The molecule has 0 spiro atoms. The van der Waals surface area contributed by atoms with Gasteiger partial charge in [-0.05, 0) is 65.2 Å². The maximum absolute atomic E-state index is 12.2. The zero-order valence-corrected chi connectivity index (χ0v) is 14.7. The van der Waals surface area contributed by atoms with E-state index in [1.54, 1.807) is 24.3 Å². The van der Waals surface area contributed by atoms with Gasteiger partial charge in [0, 0.05) is 24.3 Å². The number of phenolic OH excluding ortho intramolecular Hbond substituents is 1. The lowest BCUT2D eigenvalue weighted by Gasteiger charge is -2.17. The molecule has 0 atom stereocenters. The van der Waals surface area contributed by atoms with E-state index in [0.29, 0.717) is 5.56 Å². The van der Waals surface area contributed by atoms with Crippen molar-refractivity contribution in [2.24, 2.45) is 5.10 Å². The molecule has 0 bridgehead atoms. The number of aromatic hydroxyl groups is 1. The molecule has 0 aliphatic carbocycles. The molecule has 0 saturated carbocycles. The number of rotatable bonds is 4. The maximum Gasteiger partial charge on any atom is 0.271 e. The van der Waals surface area contributed by atoms with Crippen molar-refractivity contribution >= 4 is 17.8 Å². The van der Waals surface area contributed by atoms with E-state index >= 15 is 0 Å². The number of phenols is 1. The third-order valence-corrected chi connectivity index (χ3v) is 4.61. The fraction of sp³-hybridized carbons (Fsp3) is 0.0909. The largest absolute Gasteiger partial charge is 0.508 e. The lowest BCUT2D eigenvalue weighted by atomic mass is 10.1. The molecule has 2 N–H and O–H groups in total. The number of hydrogen-bond acceptors (Lipinski definition) is 4. The smallest absolute Gasteiger partial charge is 0.271 e. The summed E-state index contributed by atoms with van der Waals surface area (Å²) in [6, 6.07) is 22.6. The van der Waals surface area contributed by atoms with Gasteiger partial charge in [-0.2, -0.15) is 5.10 Å². The standard InChI is InChI=1S/C22H19N3O2/c26-21-11-5-16(6-12-21)13-23-24-22(27)17-7-9-20(10-8-17)25-14-18-3-1-2-4-19(18)15-25/h1-13,26H,14-15H2,(H,24,27). The van der Waals surface area contributed by atoms with Crippen LogP contribution in [0.4, 0.5) is 5.69 Å². The quantitative estimate of drug-likeness (QED) is 0.553. The van der Waals surface area contributed by atoms with Crippen LogP contribution in [0.3, 0.4) is 0 Å². The monoisotopic (exact) mass is 357 g/mol. The van der Waals surface area contributed by atoms with Gasteiger partial charge in [-0.25, -0.2) is 5.43 Å². The Bertz CT molecular complexity index is 954. The van der Waals surface area contributed by atoms with Gasteiger partial charge in [0.15, 0.2) is 0 Å². The average Bonchev–Trinajstić information content (AvgIpc) is 3.14. The van der Waals surface area contributed by atoms with Gasteiger partial charge in [-0.15, -0.1) is 0 Å². The molecule has 5 heteroatoms. The van der Waals surface area contributed by atoms with Gasteiger partial charge in [0.2, 0.25) is 0 Å². The topological polar surface area (TPSA) is 64.9 Å². The Hall–Kier alpha value is -3.60. The number of carbonyl (C=O) groups excluding carboxylic acids is 1. The lowest BCUT2D eigenvalue weighted by Crippen LogP contribution is -2.18. The van der Waals surface area contributed by atoms with Crippen molar-refractivity contribution < 1.29 is 9.90 Å². The summed E-state index contributed by atoms with van der Waals surface area (Å²) in [7, 11) is 0. The number of nitrogens with zero attached hydrogens (tertiary/aromatic N) is 2. The van der Waals surface area contributed by atoms with Gasteiger partial charge in [-0.3, -0.25) is 4.79 Å². The highest BCUT2D eigenvalue weighted by molar-refractivity contribution is 5.95. The van der Waals surface area contributed by atoms with Crippen molar-refractivity contribution in [2.45, 2.75) is 13.1 Å². The Labute approximate surface area is 157 Å². The second kappa shape index (κ2) is 7.33. The van der Waals surface area contributed by atoms with Crippen LogP contribution in [0.15, 0.2) is 77.9 Å². The predicted molar refractivity (Wildman–Crippen MR) is 106 cm³/mol. The van der Waals surface area contributed by atoms with Crippen LogP contribution in [0.2, 0.25) is 0 Å². The molecular formula is C22H19N3O2. The molecule has 1 amide bonds. The van der Waals surface area contributed by atoms with Crippen molar-refractivity contribution in [3.63, 3.8) is 0 Å². The van der Waals surface area contributed by atoms with Crippen LogP contribution >= 0.6 is 0 Å². The minimum absolute atomic E-state index is 0.192. The van der Waals surface area contributed by atoms with Crippen LogP contribution in [0.1, 0.15) is 27.0 Å². The molecule has 4 rings (SSSR count). The fourth-order valence-electron chi connectivity index (χ4n) is 3.13. The number of nitrogens with one attached hydrogen (secondary N) is 1. The Morgan fingerprint density at radius 3 is 2.19 bits per heavy atom. The highest BCUT2D eigenvalue weighted by atomic mass is 16.3. The summed E-state index contributed by atoms with van der Waals surface area (Å²) >= 11 is 0. The molecule has 0 unspecified atom stereocenters. The number of hydrogen-bond donors (Lipinski definition) is 2. The van der Waals surface area contributed by atoms with Crippen LogP contribution in [-0.2, 0) is 13.1 Å². The number of carbonyl (C=O) groups is 1. The van der Waals surface area contributed by atoms with Crippen molar-refractivity contribution in [1.29, 1.82) is 0 Å². The number of benzene rings is 3. The Morgan fingerprint density at radius 2 is 1.56 bits per heavy atom. The van der Waals surface area contributed by atoms with E-state index in [9.17, 15) is 9.90 Å². The third kappa shape index (κ3) is 3.82. The summed E-state index contributed by atoms with van der Waals surface area (Å²) in [6.45, 7) is 1.78. The molecule has 3 aromatic carbocycles. The summed E-state index contributed by atoms with van der Waals surface area (Å²) in [4.78, 5) is 14.5. The molecule has 1 aliphatic rings. The molecule has 3 aromatic rings. The molecule has 134 valence electrons. The van der Waals surface area contributed by atoms with Crippen LogP contribution in [0, 0.1) is 0 Å². The normalized spacial score (nSPS) is 13.0. The van der Waals surface area contributed by atoms with Crippen molar-refractivity contribution in [2.75, 3.05) is 4.90 Å². The second-order valence-corrected chi connectivity index (χ2v) is 6.46. The van der Waals surface area contributed by atoms with Crippen LogP contribution < -0.4 is 10.3 Å². The highest BCUT2D eigenvalue weighted by Gasteiger charge is 2.18. The number of hydrazone groups is 1. The maximum atomic E-state index is 12.2. The zero-order valence-electron chi connectivity index (χ0n) is 14.7. The fourth-order valence-corrected chi connectivity index (χ4v) is 3.13. The van der Waals surface area contributed by atoms with E-state index in [2.05, 4.69) is 39.7 Å². The Morgan fingerprint density at radius 1 is 0.926 bits per heavy atom. The number of amides is 1.